The Hall–Kier alpha value is -7.70. The smallest absolute Gasteiger partial charge is 0.123 e. The third kappa shape index (κ3) is 7.08. The van der Waals surface area contributed by atoms with Crippen LogP contribution in [0.1, 0.15) is 56.5 Å². The van der Waals surface area contributed by atoms with Gasteiger partial charge in [-0.3, -0.25) is 0 Å². The molecule has 0 radical (unpaired) electrons. The van der Waals surface area contributed by atoms with Gasteiger partial charge < -0.3 is 4.98 Å². The Morgan fingerprint density at radius 3 is 1.45 bits per heavy atom. The Morgan fingerprint density at radius 1 is 0.455 bits per heavy atom. The van der Waals surface area contributed by atoms with Crippen LogP contribution < -0.4 is 0 Å². The summed E-state index contributed by atoms with van der Waals surface area (Å²) in [4.78, 5) is 27.2. The van der Waals surface area contributed by atoms with Crippen LogP contribution in [0.2, 0.25) is 0 Å². The number of nitrogens with zero attached hydrogens (tertiary/aromatic N) is 5. The van der Waals surface area contributed by atoms with E-state index in [0.29, 0.717) is 51.0 Å². The zero-order chi connectivity index (χ0) is 37.0. The molecular weight excluding hydrogens is 700 g/mol. The summed E-state index contributed by atoms with van der Waals surface area (Å²) in [5.41, 5.74) is 9.91. The number of fused-ring (bicyclic) bond motifs is 8. The number of H-pyrrole nitrogens is 1. The summed E-state index contributed by atoms with van der Waals surface area (Å²) in [7, 11) is 0. The molecule has 0 saturated heterocycles. The van der Waals surface area contributed by atoms with Crippen molar-refractivity contribution in [2.45, 2.75) is 0 Å². The van der Waals surface area contributed by atoms with Crippen LogP contribution in [0.3, 0.4) is 0 Å². The Kier molecular flexibility index (Phi) is 8.88. The van der Waals surface area contributed by atoms with E-state index in [9.17, 15) is 4.39 Å². The van der Waals surface area contributed by atoms with Crippen LogP contribution in [-0.2, 0) is 0 Å². The van der Waals surface area contributed by atoms with Gasteiger partial charge in [0, 0.05) is 33.6 Å². The highest BCUT2D eigenvalue weighted by Crippen LogP contribution is 2.36. The van der Waals surface area contributed by atoms with Gasteiger partial charge in [0.25, 0.3) is 0 Å². The van der Waals surface area contributed by atoms with Gasteiger partial charge in [-0.05, 0) is 120 Å². The number of pyridine rings is 3. The molecule has 0 spiro atoms. The van der Waals surface area contributed by atoms with Crippen LogP contribution in [0.25, 0.3) is 55.9 Å². The number of aromatic nitrogens is 6. The van der Waals surface area contributed by atoms with Gasteiger partial charge in [-0.25, -0.2) is 29.3 Å². The maximum Gasteiger partial charge on any atom is 0.123 e. The summed E-state index contributed by atoms with van der Waals surface area (Å²) in [5, 5.41) is 0. The molecule has 0 unspecified atom stereocenters. The SMILES string of the molecule is Fc1ccc(-c2c3nc(c(C#Cc4ccccn4)c4ccc([nH]4)c(C#Cc4ccccn4)c4nc(c(C#Cc5ccccn5)c5ccc2s5)C=C4)C=C3)cc1. The number of hydrogen-bond acceptors (Lipinski definition) is 6. The Labute approximate surface area is 319 Å². The summed E-state index contributed by atoms with van der Waals surface area (Å²) in [6.07, 6.45) is 13.0. The molecule has 2 aliphatic rings. The second-order valence-corrected chi connectivity index (χ2v) is 13.4. The standard InChI is InChI=1S/C47H25FN6S/c48-32-12-10-31(11-13-32)47-44-25-24-42(54-44)37(18-15-34-8-2-5-29-50-34)40-21-20-39(52-40)36(17-14-33-7-1-4-28-49-33)41-22-23-43(53-41)38(45-26-27-46(47)55-45)19-16-35-9-3-6-30-51-35/h1-13,20-30,52H. The van der Waals surface area contributed by atoms with E-state index in [1.165, 1.54) is 12.1 Å². The zero-order valence-electron chi connectivity index (χ0n) is 28.9. The van der Waals surface area contributed by atoms with Gasteiger partial charge in [0.1, 0.15) is 22.9 Å². The van der Waals surface area contributed by atoms with E-state index in [2.05, 4.69) is 61.5 Å². The van der Waals surface area contributed by atoms with Crippen LogP contribution >= 0.6 is 11.3 Å². The van der Waals surface area contributed by atoms with E-state index in [4.69, 9.17) is 9.97 Å². The molecule has 8 bridgehead atoms. The molecule has 9 rings (SSSR count). The molecule has 8 heteroatoms. The number of nitrogens with one attached hydrogen (secondary N) is 1. The molecular formula is C47H25FN6S. The molecule has 1 N–H and O–H groups in total. The minimum Gasteiger partial charge on any atom is -0.353 e. The van der Waals surface area contributed by atoms with Crippen molar-refractivity contribution in [2.75, 3.05) is 0 Å². The fourth-order valence-corrected chi connectivity index (χ4v) is 7.18. The summed E-state index contributed by atoms with van der Waals surface area (Å²) in [5.74, 6) is 19.5. The predicted molar refractivity (Wildman–Crippen MR) is 218 cm³/mol. The lowest BCUT2D eigenvalue weighted by Crippen LogP contribution is -1.89. The fraction of sp³-hybridized carbons (Fsp3) is 0. The van der Waals surface area contributed by atoms with Crippen LogP contribution in [0.15, 0.2) is 122 Å². The second kappa shape index (κ2) is 14.7. The minimum atomic E-state index is -0.317. The van der Waals surface area contributed by atoms with Crippen molar-refractivity contribution in [3.8, 4) is 46.6 Å². The lowest BCUT2D eigenvalue weighted by atomic mass is 10.0. The van der Waals surface area contributed by atoms with Crippen molar-refractivity contribution in [1.29, 1.82) is 0 Å². The van der Waals surface area contributed by atoms with E-state index in [0.717, 1.165) is 37.1 Å². The average molecular weight is 725 g/mol. The normalized spacial score (nSPS) is 11.1. The van der Waals surface area contributed by atoms with Gasteiger partial charge >= 0.3 is 0 Å². The van der Waals surface area contributed by atoms with E-state index in [1.807, 2.05) is 97.1 Å². The van der Waals surface area contributed by atoms with E-state index < -0.39 is 0 Å². The first kappa shape index (κ1) is 33.2. The lowest BCUT2D eigenvalue weighted by Gasteiger charge is -2.03. The first-order chi connectivity index (χ1) is 27.1. The number of rotatable bonds is 1. The molecule has 6 nitrogen and oxygen atoms in total. The predicted octanol–water partition coefficient (Wildman–Crippen LogP) is 9.58. The fourth-order valence-electron chi connectivity index (χ4n) is 6.09. The highest BCUT2D eigenvalue weighted by molar-refractivity contribution is 7.24. The van der Waals surface area contributed by atoms with Gasteiger partial charge in [0.15, 0.2) is 0 Å². The quantitative estimate of drug-likeness (QED) is 0.171. The molecule has 0 amide bonds. The van der Waals surface area contributed by atoms with Crippen LogP contribution in [0, 0.1) is 41.3 Å². The molecule has 7 aromatic rings. The first-order valence-electron chi connectivity index (χ1n) is 17.3. The Balaban J connectivity index is 1.40. The molecule has 55 heavy (non-hydrogen) atoms. The number of hydrogen-bond donors (Lipinski definition) is 1. The maximum absolute atomic E-state index is 14.2. The second-order valence-electron chi connectivity index (χ2n) is 12.3. The average Bonchev–Trinajstić information content (AvgIpc) is 4.07. The van der Waals surface area contributed by atoms with Crippen LogP contribution in [0.5, 0.6) is 0 Å². The molecule has 0 atom stereocenters. The lowest BCUT2D eigenvalue weighted by molar-refractivity contribution is 0.628. The third-order valence-electron chi connectivity index (χ3n) is 8.70. The molecule has 0 aliphatic carbocycles. The molecule has 1 aromatic carbocycles. The summed E-state index contributed by atoms with van der Waals surface area (Å²) in [6.45, 7) is 0. The van der Waals surface area contributed by atoms with Crippen LogP contribution in [0.4, 0.5) is 4.39 Å². The number of benzene rings is 1. The molecule has 256 valence electrons. The zero-order valence-corrected chi connectivity index (χ0v) is 29.7. The van der Waals surface area contributed by atoms with Crippen molar-refractivity contribution in [1.82, 2.24) is 29.9 Å². The van der Waals surface area contributed by atoms with Crippen molar-refractivity contribution >= 4 is 56.1 Å². The monoisotopic (exact) mass is 724 g/mol. The van der Waals surface area contributed by atoms with E-state index >= 15 is 0 Å². The molecule has 6 aromatic heterocycles. The van der Waals surface area contributed by atoms with E-state index in [1.54, 1.807) is 42.1 Å². The summed E-state index contributed by atoms with van der Waals surface area (Å²) in [6, 6.07) is 31.4. The largest absolute Gasteiger partial charge is 0.353 e. The van der Waals surface area contributed by atoms with Gasteiger partial charge in [0.05, 0.1) is 50.5 Å². The van der Waals surface area contributed by atoms with Crippen molar-refractivity contribution in [3.05, 3.63) is 184 Å². The first-order valence-corrected chi connectivity index (χ1v) is 18.1. The van der Waals surface area contributed by atoms with Crippen molar-refractivity contribution in [3.63, 3.8) is 0 Å². The topological polar surface area (TPSA) is 80.2 Å². The van der Waals surface area contributed by atoms with Gasteiger partial charge in [-0.2, -0.15) is 0 Å². The number of thiophene rings is 1. The summed E-state index contributed by atoms with van der Waals surface area (Å²) < 4.78 is 16.1. The number of halogens is 1. The number of aromatic amines is 1. The highest BCUT2D eigenvalue weighted by Gasteiger charge is 2.16. The Bertz CT molecular complexity index is 2980. The minimum absolute atomic E-state index is 0.317. The maximum atomic E-state index is 14.2. The van der Waals surface area contributed by atoms with Crippen molar-refractivity contribution in [2.24, 2.45) is 0 Å². The van der Waals surface area contributed by atoms with E-state index in [-0.39, 0.29) is 5.82 Å². The van der Waals surface area contributed by atoms with Gasteiger partial charge in [0.2, 0.25) is 0 Å². The highest BCUT2D eigenvalue weighted by atomic mass is 32.1. The van der Waals surface area contributed by atoms with Gasteiger partial charge in [-0.15, -0.1) is 11.3 Å². The van der Waals surface area contributed by atoms with Crippen LogP contribution in [-0.4, -0.2) is 29.9 Å². The van der Waals surface area contributed by atoms with Crippen molar-refractivity contribution < 1.29 is 4.39 Å². The molecule has 0 fully saturated rings. The molecule has 2 aliphatic heterocycles. The Morgan fingerprint density at radius 2 is 0.927 bits per heavy atom. The summed E-state index contributed by atoms with van der Waals surface area (Å²) >= 11 is 1.56. The molecule has 0 saturated carbocycles. The van der Waals surface area contributed by atoms with Gasteiger partial charge in [-0.1, -0.05) is 48.1 Å². The third-order valence-corrected chi connectivity index (χ3v) is 9.82. The molecule has 8 heterocycles.